The maximum Gasteiger partial charge on any atom is 0.293 e. The highest BCUT2D eigenvalue weighted by atomic mass is 16.3. The summed E-state index contributed by atoms with van der Waals surface area (Å²) in [7, 11) is 0. The number of nitrogens with zero attached hydrogens (tertiary/aromatic N) is 2. The second-order valence-corrected chi connectivity index (χ2v) is 13.9. The lowest BCUT2D eigenvalue weighted by molar-refractivity contribution is 0.590. The second-order valence-electron chi connectivity index (χ2n) is 13.9. The third kappa shape index (κ3) is 4.28. The lowest BCUT2D eigenvalue weighted by Crippen LogP contribution is -2.54. The Labute approximate surface area is 276 Å². The standard InChI is InChI=1S/C43H35BN2O/c1-28-25-35-40-34-17-11-12-18-39(34)47-42(40)44-36-24-23-33(27-37(36)46(38(26-28)41(35)44)31-15-9-6-10-16-31)45(30-13-7-5-8-14-30)32-21-19-29(20-22-32)43(2,3)4/h5-27H,1-4H3. The van der Waals surface area contributed by atoms with Crippen molar-refractivity contribution in [3.8, 4) is 11.1 Å². The maximum atomic E-state index is 6.75. The van der Waals surface area contributed by atoms with E-state index in [4.69, 9.17) is 4.42 Å². The highest BCUT2D eigenvalue weighted by Crippen LogP contribution is 2.45. The number of fused-ring (bicyclic) bond motifs is 7. The third-order valence-electron chi connectivity index (χ3n) is 9.83. The summed E-state index contributed by atoms with van der Waals surface area (Å²) in [6, 6.07) is 50.7. The molecule has 0 bridgehead atoms. The van der Waals surface area contributed by atoms with Crippen molar-refractivity contribution in [2.75, 3.05) is 9.80 Å². The van der Waals surface area contributed by atoms with Gasteiger partial charge in [-0.15, -0.1) is 0 Å². The van der Waals surface area contributed by atoms with Gasteiger partial charge in [-0.2, -0.15) is 0 Å². The third-order valence-corrected chi connectivity index (χ3v) is 9.83. The van der Waals surface area contributed by atoms with Gasteiger partial charge in [0.25, 0.3) is 6.71 Å². The molecule has 0 saturated heterocycles. The molecule has 2 aliphatic rings. The maximum absolute atomic E-state index is 6.75. The van der Waals surface area contributed by atoms with Crippen molar-refractivity contribution in [1.82, 2.24) is 0 Å². The molecule has 6 aromatic carbocycles. The van der Waals surface area contributed by atoms with E-state index in [0.29, 0.717) is 0 Å². The van der Waals surface area contributed by atoms with Gasteiger partial charge in [0, 0.05) is 45.1 Å². The van der Waals surface area contributed by atoms with E-state index in [9.17, 15) is 0 Å². The molecular weight excluding hydrogens is 571 g/mol. The molecule has 0 saturated carbocycles. The topological polar surface area (TPSA) is 19.6 Å². The van der Waals surface area contributed by atoms with Gasteiger partial charge in [-0.3, -0.25) is 0 Å². The highest BCUT2D eigenvalue weighted by molar-refractivity contribution is 7.01. The molecule has 3 heterocycles. The summed E-state index contributed by atoms with van der Waals surface area (Å²) in [5.41, 5.74) is 16.6. The van der Waals surface area contributed by atoms with Crippen molar-refractivity contribution < 1.29 is 4.42 Å². The Morgan fingerprint density at radius 2 is 1.30 bits per heavy atom. The molecular formula is C43H35BN2O. The molecule has 0 aliphatic carbocycles. The van der Waals surface area contributed by atoms with Crippen molar-refractivity contribution in [1.29, 1.82) is 0 Å². The van der Waals surface area contributed by atoms with Gasteiger partial charge in [0.2, 0.25) is 0 Å². The fourth-order valence-electron chi connectivity index (χ4n) is 7.68. The van der Waals surface area contributed by atoms with Gasteiger partial charge in [0.05, 0.1) is 5.66 Å². The van der Waals surface area contributed by atoms with Crippen LogP contribution in [0.25, 0.3) is 22.1 Å². The zero-order valence-corrected chi connectivity index (χ0v) is 27.2. The second kappa shape index (κ2) is 10.3. The predicted molar refractivity (Wildman–Crippen MR) is 199 cm³/mol. The van der Waals surface area contributed by atoms with Crippen LogP contribution >= 0.6 is 0 Å². The summed E-state index contributed by atoms with van der Waals surface area (Å²) in [5.74, 6) is 0. The van der Waals surface area contributed by atoms with E-state index in [2.05, 4.69) is 177 Å². The first-order valence-corrected chi connectivity index (χ1v) is 16.5. The summed E-state index contributed by atoms with van der Waals surface area (Å²) >= 11 is 0. The van der Waals surface area contributed by atoms with Crippen LogP contribution in [0.15, 0.2) is 144 Å². The summed E-state index contributed by atoms with van der Waals surface area (Å²) in [4.78, 5) is 4.83. The molecule has 0 N–H and O–H groups in total. The largest absolute Gasteiger partial charge is 0.470 e. The zero-order chi connectivity index (χ0) is 31.9. The van der Waals surface area contributed by atoms with Crippen LogP contribution in [-0.2, 0) is 5.41 Å². The number of aryl methyl sites for hydroxylation is 1. The quantitative estimate of drug-likeness (QED) is 0.186. The van der Waals surface area contributed by atoms with E-state index in [1.54, 1.807) is 0 Å². The first kappa shape index (κ1) is 27.8. The molecule has 0 unspecified atom stereocenters. The number of para-hydroxylation sites is 3. The Morgan fingerprint density at radius 1 is 0.638 bits per heavy atom. The smallest absolute Gasteiger partial charge is 0.293 e. The molecule has 1 aromatic heterocycles. The summed E-state index contributed by atoms with van der Waals surface area (Å²) in [5, 5.41) is 1.18. The average Bonchev–Trinajstić information content (AvgIpc) is 3.61. The Balaban J connectivity index is 1.30. The number of hydrogen-bond acceptors (Lipinski definition) is 3. The molecule has 7 aromatic rings. The molecule has 47 heavy (non-hydrogen) atoms. The van der Waals surface area contributed by atoms with Crippen molar-refractivity contribution in [2.24, 2.45) is 0 Å². The molecule has 2 aliphatic heterocycles. The lowest BCUT2D eigenvalue weighted by atomic mass is 9.39. The fourth-order valence-corrected chi connectivity index (χ4v) is 7.68. The first-order chi connectivity index (χ1) is 22.9. The van der Waals surface area contributed by atoms with Crippen LogP contribution in [0.2, 0.25) is 0 Å². The molecule has 226 valence electrons. The summed E-state index contributed by atoms with van der Waals surface area (Å²) in [6.45, 7) is 9.02. The predicted octanol–water partition coefficient (Wildman–Crippen LogP) is 9.79. The Kier molecular flexibility index (Phi) is 6.07. The number of furan rings is 1. The average molecular weight is 607 g/mol. The van der Waals surface area contributed by atoms with Gasteiger partial charge in [-0.05, 0) is 101 Å². The van der Waals surface area contributed by atoms with E-state index in [1.807, 2.05) is 0 Å². The SMILES string of the molecule is Cc1cc2c3c(c1)N(c1ccccc1)c1cc(N(c4ccccc4)c4ccc(C(C)(C)C)cc4)ccc1B3c1oc3ccccc3c1-2. The van der Waals surface area contributed by atoms with Crippen LogP contribution in [0.4, 0.5) is 34.1 Å². The molecule has 0 spiro atoms. The molecule has 0 fully saturated rings. The highest BCUT2D eigenvalue weighted by Gasteiger charge is 2.46. The van der Waals surface area contributed by atoms with Crippen molar-refractivity contribution >= 4 is 68.4 Å². The monoisotopic (exact) mass is 606 g/mol. The Hall–Kier alpha value is -5.48. The van der Waals surface area contributed by atoms with Crippen LogP contribution in [0, 0.1) is 6.92 Å². The first-order valence-electron chi connectivity index (χ1n) is 16.5. The van der Waals surface area contributed by atoms with Crippen LogP contribution in [0.5, 0.6) is 0 Å². The molecule has 0 radical (unpaired) electrons. The van der Waals surface area contributed by atoms with Gasteiger partial charge >= 0.3 is 0 Å². The van der Waals surface area contributed by atoms with Gasteiger partial charge in [0.15, 0.2) is 0 Å². The molecule has 0 amide bonds. The Morgan fingerprint density at radius 3 is 2.04 bits per heavy atom. The molecule has 3 nitrogen and oxygen atoms in total. The minimum absolute atomic E-state index is 0.0169. The summed E-state index contributed by atoms with van der Waals surface area (Å²) in [6.07, 6.45) is 0. The molecule has 9 rings (SSSR count). The normalized spacial score (nSPS) is 13.0. The minimum atomic E-state index is 0.0169. The Bertz CT molecular complexity index is 2300. The number of rotatable bonds is 4. The van der Waals surface area contributed by atoms with Crippen LogP contribution in [0.1, 0.15) is 31.9 Å². The molecule has 4 heteroatoms. The van der Waals surface area contributed by atoms with E-state index in [-0.39, 0.29) is 12.1 Å². The van der Waals surface area contributed by atoms with Crippen LogP contribution in [0.3, 0.4) is 0 Å². The number of anilines is 6. The van der Waals surface area contributed by atoms with Gasteiger partial charge in [0.1, 0.15) is 5.58 Å². The van der Waals surface area contributed by atoms with E-state index < -0.39 is 0 Å². The van der Waals surface area contributed by atoms with Crippen molar-refractivity contribution in [3.63, 3.8) is 0 Å². The van der Waals surface area contributed by atoms with E-state index in [1.165, 1.54) is 49.9 Å². The van der Waals surface area contributed by atoms with Crippen LogP contribution in [-0.4, -0.2) is 6.71 Å². The summed E-state index contributed by atoms with van der Waals surface area (Å²) < 4.78 is 6.75. The number of benzene rings is 6. The van der Waals surface area contributed by atoms with Gasteiger partial charge in [-0.1, -0.05) is 99.6 Å². The lowest BCUT2D eigenvalue weighted by Gasteiger charge is -2.37. The van der Waals surface area contributed by atoms with Crippen molar-refractivity contribution in [3.05, 3.63) is 151 Å². The molecule has 0 atom stereocenters. The van der Waals surface area contributed by atoms with Crippen LogP contribution < -0.4 is 26.4 Å². The minimum Gasteiger partial charge on any atom is -0.470 e. The zero-order valence-electron chi connectivity index (χ0n) is 27.2. The van der Waals surface area contributed by atoms with E-state index >= 15 is 0 Å². The van der Waals surface area contributed by atoms with E-state index in [0.717, 1.165) is 34.0 Å². The van der Waals surface area contributed by atoms with Gasteiger partial charge in [-0.25, -0.2) is 0 Å². The number of hydrogen-bond donors (Lipinski definition) is 0. The van der Waals surface area contributed by atoms with Crippen molar-refractivity contribution in [2.45, 2.75) is 33.1 Å². The van der Waals surface area contributed by atoms with Gasteiger partial charge < -0.3 is 14.2 Å². The fraction of sp³-hybridized carbons (Fsp3) is 0.116.